The van der Waals surface area contributed by atoms with Crippen molar-refractivity contribution in [2.24, 2.45) is 0 Å². The zero-order valence-corrected chi connectivity index (χ0v) is 16.8. The number of sulfonamides is 1. The number of morpholine rings is 1. The van der Waals surface area contributed by atoms with Crippen LogP contribution in [0.3, 0.4) is 0 Å². The maximum Gasteiger partial charge on any atom is 0.343 e. The maximum absolute atomic E-state index is 13.0. The Bertz CT molecular complexity index is 931. The van der Waals surface area contributed by atoms with Gasteiger partial charge in [0, 0.05) is 13.1 Å². The number of esters is 1. The monoisotopic (exact) mass is 405 g/mol. The molecule has 1 heterocycles. The van der Waals surface area contributed by atoms with Crippen molar-refractivity contribution in [1.29, 1.82) is 0 Å². The molecule has 2 aromatic rings. The third-order valence-corrected chi connectivity index (χ3v) is 6.19. The van der Waals surface area contributed by atoms with Crippen molar-refractivity contribution in [3.63, 3.8) is 0 Å². The molecule has 7 nitrogen and oxygen atoms in total. The Balaban J connectivity index is 1.79. The van der Waals surface area contributed by atoms with Gasteiger partial charge < -0.3 is 14.2 Å². The summed E-state index contributed by atoms with van der Waals surface area (Å²) in [7, 11) is -2.19. The number of hydrogen-bond acceptors (Lipinski definition) is 6. The minimum Gasteiger partial charge on any atom is -0.497 e. The first-order chi connectivity index (χ1) is 13.3. The van der Waals surface area contributed by atoms with Gasteiger partial charge in [-0.25, -0.2) is 13.2 Å². The highest BCUT2D eigenvalue weighted by Gasteiger charge is 2.32. The largest absolute Gasteiger partial charge is 0.497 e. The average molecular weight is 405 g/mol. The van der Waals surface area contributed by atoms with E-state index in [9.17, 15) is 13.2 Å². The lowest BCUT2D eigenvalue weighted by atomic mass is 10.2. The first-order valence-corrected chi connectivity index (χ1v) is 10.4. The van der Waals surface area contributed by atoms with Crippen molar-refractivity contribution in [3.05, 3.63) is 54.1 Å². The van der Waals surface area contributed by atoms with Gasteiger partial charge in [0.15, 0.2) is 0 Å². The highest BCUT2D eigenvalue weighted by Crippen LogP contribution is 2.23. The lowest BCUT2D eigenvalue weighted by molar-refractivity contribution is -0.0440. The summed E-state index contributed by atoms with van der Waals surface area (Å²) < 4.78 is 43.4. The molecule has 0 unspecified atom stereocenters. The minimum atomic E-state index is -3.74. The minimum absolute atomic E-state index is 0.0537. The molecule has 150 valence electrons. The third kappa shape index (κ3) is 4.52. The molecule has 0 amide bonds. The van der Waals surface area contributed by atoms with Crippen molar-refractivity contribution < 1.29 is 27.4 Å². The number of carbonyl (C=O) groups is 1. The molecule has 1 aliphatic heterocycles. The summed E-state index contributed by atoms with van der Waals surface area (Å²) in [6.45, 7) is 4.21. The van der Waals surface area contributed by atoms with Gasteiger partial charge in [-0.05, 0) is 56.3 Å². The fourth-order valence-electron chi connectivity index (χ4n) is 3.07. The molecule has 0 spiro atoms. The van der Waals surface area contributed by atoms with Crippen LogP contribution in [-0.4, -0.2) is 51.1 Å². The molecule has 2 aromatic carbocycles. The number of benzene rings is 2. The Labute approximate surface area is 164 Å². The average Bonchev–Trinajstić information content (AvgIpc) is 2.68. The number of ether oxygens (including phenoxy) is 3. The van der Waals surface area contributed by atoms with Crippen LogP contribution in [-0.2, 0) is 14.8 Å². The number of nitrogens with zero attached hydrogens (tertiary/aromatic N) is 1. The lowest BCUT2D eigenvalue weighted by Gasteiger charge is -2.34. The van der Waals surface area contributed by atoms with Crippen LogP contribution in [0.15, 0.2) is 53.4 Å². The van der Waals surface area contributed by atoms with Crippen LogP contribution in [0.4, 0.5) is 0 Å². The fourth-order valence-corrected chi connectivity index (χ4v) is 4.71. The van der Waals surface area contributed by atoms with Gasteiger partial charge in [0.25, 0.3) is 0 Å². The Kier molecular flexibility index (Phi) is 6.02. The SMILES string of the molecule is COc1ccc(OC(=O)c2cccc(S(=O)(=O)N3C[C@@H](C)O[C@@H](C)C3)c2)cc1. The molecule has 0 bridgehead atoms. The van der Waals surface area contributed by atoms with Gasteiger partial charge in [-0.3, -0.25) is 0 Å². The van der Waals surface area contributed by atoms with E-state index in [1.807, 2.05) is 13.8 Å². The van der Waals surface area contributed by atoms with Crippen LogP contribution in [0.2, 0.25) is 0 Å². The molecule has 1 aliphatic rings. The van der Waals surface area contributed by atoms with E-state index in [2.05, 4.69) is 0 Å². The smallest absolute Gasteiger partial charge is 0.343 e. The van der Waals surface area contributed by atoms with Crippen molar-refractivity contribution in [1.82, 2.24) is 4.31 Å². The molecule has 0 aromatic heterocycles. The van der Waals surface area contributed by atoms with Crippen LogP contribution in [0.5, 0.6) is 11.5 Å². The molecular formula is C20H23NO6S. The van der Waals surface area contributed by atoms with Crippen molar-refractivity contribution in [2.45, 2.75) is 31.0 Å². The van der Waals surface area contributed by atoms with Crippen molar-refractivity contribution in [3.8, 4) is 11.5 Å². The van der Waals surface area contributed by atoms with E-state index >= 15 is 0 Å². The Morgan fingerprint density at radius 1 is 1.04 bits per heavy atom. The van der Waals surface area contributed by atoms with Crippen LogP contribution in [0.25, 0.3) is 0 Å². The van der Waals surface area contributed by atoms with Gasteiger partial charge in [0.1, 0.15) is 11.5 Å². The molecule has 3 rings (SSSR count). The molecule has 28 heavy (non-hydrogen) atoms. The summed E-state index contributed by atoms with van der Waals surface area (Å²) in [5.41, 5.74) is 0.159. The van der Waals surface area contributed by atoms with E-state index in [1.54, 1.807) is 31.4 Å². The highest BCUT2D eigenvalue weighted by atomic mass is 32.2. The van der Waals surface area contributed by atoms with E-state index in [0.29, 0.717) is 11.5 Å². The number of rotatable bonds is 5. The zero-order valence-electron chi connectivity index (χ0n) is 16.0. The Morgan fingerprint density at radius 2 is 1.64 bits per heavy atom. The fraction of sp³-hybridized carbons (Fsp3) is 0.350. The molecule has 0 saturated carbocycles. The quantitative estimate of drug-likeness (QED) is 0.562. The van der Waals surface area contributed by atoms with Gasteiger partial charge in [0.2, 0.25) is 10.0 Å². The second-order valence-electron chi connectivity index (χ2n) is 6.67. The number of methoxy groups -OCH3 is 1. The van der Waals surface area contributed by atoms with Crippen molar-refractivity contribution >= 4 is 16.0 Å². The molecule has 0 radical (unpaired) electrons. The molecule has 0 N–H and O–H groups in total. The molecule has 1 saturated heterocycles. The predicted molar refractivity (Wildman–Crippen MR) is 103 cm³/mol. The van der Waals surface area contributed by atoms with E-state index < -0.39 is 16.0 Å². The van der Waals surface area contributed by atoms with Gasteiger partial charge >= 0.3 is 5.97 Å². The zero-order chi connectivity index (χ0) is 20.3. The summed E-state index contributed by atoms with van der Waals surface area (Å²) in [4.78, 5) is 12.5. The van der Waals surface area contributed by atoms with E-state index in [0.717, 1.165) is 0 Å². The van der Waals surface area contributed by atoms with Crippen LogP contribution < -0.4 is 9.47 Å². The topological polar surface area (TPSA) is 82.1 Å². The molecular weight excluding hydrogens is 382 g/mol. The van der Waals surface area contributed by atoms with Gasteiger partial charge in [-0.1, -0.05) is 6.07 Å². The van der Waals surface area contributed by atoms with Crippen molar-refractivity contribution in [2.75, 3.05) is 20.2 Å². The normalized spacial score (nSPS) is 20.5. The summed E-state index contributed by atoms with van der Waals surface area (Å²) >= 11 is 0. The number of hydrogen-bond donors (Lipinski definition) is 0. The van der Waals surface area contributed by atoms with Gasteiger partial charge in [-0.2, -0.15) is 4.31 Å². The standard InChI is InChI=1S/C20H23NO6S/c1-14-12-21(13-15(2)26-14)28(23,24)19-6-4-5-16(11-19)20(22)27-18-9-7-17(25-3)8-10-18/h4-11,14-15H,12-13H2,1-3H3/t14-,15+. The van der Waals surface area contributed by atoms with E-state index in [-0.39, 0.29) is 35.8 Å². The molecule has 1 fully saturated rings. The highest BCUT2D eigenvalue weighted by molar-refractivity contribution is 7.89. The lowest BCUT2D eigenvalue weighted by Crippen LogP contribution is -2.48. The van der Waals surface area contributed by atoms with Crippen LogP contribution >= 0.6 is 0 Å². The van der Waals surface area contributed by atoms with Crippen LogP contribution in [0.1, 0.15) is 24.2 Å². The van der Waals surface area contributed by atoms with Crippen LogP contribution in [0, 0.1) is 0 Å². The Hall–Kier alpha value is -2.42. The summed E-state index contributed by atoms with van der Waals surface area (Å²) in [6.07, 6.45) is -0.386. The molecule has 8 heteroatoms. The molecule has 0 aliphatic carbocycles. The molecule has 2 atom stereocenters. The third-order valence-electron chi connectivity index (χ3n) is 4.36. The van der Waals surface area contributed by atoms with Gasteiger partial charge in [0.05, 0.1) is 29.8 Å². The summed E-state index contributed by atoms with van der Waals surface area (Å²) in [6, 6.07) is 12.4. The summed E-state index contributed by atoms with van der Waals surface area (Å²) in [5.74, 6) is 0.350. The predicted octanol–water partition coefficient (Wildman–Crippen LogP) is 2.71. The maximum atomic E-state index is 13.0. The second kappa shape index (κ2) is 8.30. The van der Waals surface area contributed by atoms with E-state index in [4.69, 9.17) is 14.2 Å². The van der Waals surface area contributed by atoms with Gasteiger partial charge in [-0.15, -0.1) is 0 Å². The first kappa shape index (κ1) is 20.3. The number of carbonyl (C=O) groups excluding carboxylic acids is 1. The first-order valence-electron chi connectivity index (χ1n) is 8.91. The second-order valence-corrected chi connectivity index (χ2v) is 8.61. The van der Waals surface area contributed by atoms with E-state index in [1.165, 1.54) is 28.6 Å². The summed E-state index contributed by atoms with van der Waals surface area (Å²) in [5, 5.41) is 0. The Morgan fingerprint density at radius 3 is 2.25 bits per heavy atom.